The molecule has 0 aliphatic carbocycles. The molecule has 0 spiro atoms. The minimum Gasteiger partial charge on any atom is -0.353 e. The molecule has 1 saturated heterocycles. The number of aryl methyl sites for hydroxylation is 1. The highest BCUT2D eigenvalue weighted by Crippen LogP contribution is 2.38. The molecular formula is C30H42N8O. The number of amides is 1. The zero-order valence-corrected chi connectivity index (χ0v) is 24.3. The summed E-state index contributed by atoms with van der Waals surface area (Å²) < 4.78 is 1.86. The highest BCUT2D eigenvalue weighted by atomic mass is 16.2. The normalized spacial score (nSPS) is 14.5. The molecule has 0 radical (unpaired) electrons. The zero-order chi connectivity index (χ0) is 27.7. The lowest BCUT2D eigenvalue weighted by molar-refractivity contribution is -0.132. The van der Waals surface area contributed by atoms with Crippen molar-refractivity contribution in [2.45, 2.75) is 60.3 Å². The SMILES string of the molecule is CCCCN(CC)CC(=O)N1CCN(c2ccc3[nH]c(-c4cn5ncnc5c(C)c4C)c(C(C)C)c3n2)CC1. The third kappa shape index (κ3) is 5.24. The quantitative estimate of drug-likeness (QED) is 0.335. The lowest BCUT2D eigenvalue weighted by Crippen LogP contribution is -2.51. The van der Waals surface area contributed by atoms with E-state index >= 15 is 0 Å². The van der Waals surface area contributed by atoms with Gasteiger partial charge in [-0.3, -0.25) is 9.69 Å². The van der Waals surface area contributed by atoms with Crippen LogP contribution in [0, 0.1) is 13.8 Å². The van der Waals surface area contributed by atoms with Gasteiger partial charge in [0, 0.05) is 43.5 Å². The fraction of sp³-hybridized carbons (Fsp3) is 0.533. The minimum atomic E-state index is 0.239. The fourth-order valence-electron chi connectivity index (χ4n) is 5.69. The monoisotopic (exact) mass is 530 g/mol. The highest BCUT2D eigenvalue weighted by molar-refractivity contribution is 5.90. The van der Waals surface area contributed by atoms with Crippen LogP contribution in [-0.4, -0.2) is 86.1 Å². The molecule has 0 aromatic carbocycles. The van der Waals surface area contributed by atoms with Crippen LogP contribution < -0.4 is 4.90 Å². The van der Waals surface area contributed by atoms with Crippen LogP contribution in [0.15, 0.2) is 24.7 Å². The molecule has 9 heteroatoms. The van der Waals surface area contributed by atoms with Crippen LogP contribution >= 0.6 is 0 Å². The van der Waals surface area contributed by atoms with Crippen molar-refractivity contribution >= 4 is 28.4 Å². The second kappa shape index (κ2) is 11.3. The molecule has 1 aliphatic rings. The van der Waals surface area contributed by atoms with Crippen LogP contribution in [0.25, 0.3) is 27.9 Å². The van der Waals surface area contributed by atoms with E-state index in [1.54, 1.807) is 6.33 Å². The number of nitrogens with one attached hydrogen (secondary N) is 1. The fourth-order valence-corrected chi connectivity index (χ4v) is 5.69. The molecule has 1 amide bonds. The number of pyridine rings is 2. The first kappa shape index (κ1) is 27.1. The number of carbonyl (C=O) groups is 1. The van der Waals surface area contributed by atoms with Crippen LogP contribution in [-0.2, 0) is 4.79 Å². The average Bonchev–Trinajstić information content (AvgIpc) is 3.57. The molecule has 0 saturated carbocycles. The van der Waals surface area contributed by atoms with Gasteiger partial charge in [0.15, 0.2) is 5.65 Å². The molecule has 4 aromatic heterocycles. The molecule has 1 N–H and O–H groups in total. The van der Waals surface area contributed by atoms with Crippen LogP contribution in [0.3, 0.4) is 0 Å². The number of piperazine rings is 1. The number of fused-ring (bicyclic) bond motifs is 2. The number of likely N-dealkylation sites (N-methyl/N-ethyl adjacent to an activating group) is 1. The van der Waals surface area contributed by atoms with Crippen molar-refractivity contribution in [1.82, 2.24) is 34.4 Å². The first-order valence-corrected chi connectivity index (χ1v) is 14.4. The van der Waals surface area contributed by atoms with Crippen LogP contribution in [0.5, 0.6) is 0 Å². The summed E-state index contributed by atoms with van der Waals surface area (Å²) in [5.41, 5.74) is 8.71. The van der Waals surface area contributed by atoms with E-state index in [0.717, 1.165) is 91.4 Å². The van der Waals surface area contributed by atoms with E-state index in [-0.39, 0.29) is 11.8 Å². The molecule has 0 atom stereocenters. The van der Waals surface area contributed by atoms with Crippen molar-refractivity contribution in [2.75, 3.05) is 50.7 Å². The lowest BCUT2D eigenvalue weighted by Gasteiger charge is -2.36. The number of rotatable bonds is 9. The predicted octanol–water partition coefficient (Wildman–Crippen LogP) is 4.78. The lowest BCUT2D eigenvalue weighted by atomic mass is 9.95. The van der Waals surface area contributed by atoms with Crippen molar-refractivity contribution in [3.63, 3.8) is 0 Å². The Labute approximate surface area is 231 Å². The van der Waals surface area contributed by atoms with E-state index in [2.05, 4.69) is 84.7 Å². The van der Waals surface area contributed by atoms with Gasteiger partial charge in [-0.15, -0.1) is 0 Å². The Morgan fingerprint density at radius 1 is 1.10 bits per heavy atom. The van der Waals surface area contributed by atoms with Crippen molar-refractivity contribution in [3.8, 4) is 11.3 Å². The van der Waals surface area contributed by atoms with E-state index in [0.29, 0.717) is 6.54 Å². The van der Waals surface area contributed by atoms with E-state index in [4.69, 9.17) is 4.98 Å². The maximum atomic E-state index is 13.0. The summed E-state index contributed by atoms with van der Waals surface area (Å²) in [5, 5.41) is 4.40. The van der Waals surface area contributed by atoms with E-state index in [9.17, 15) is 4.79 Å². The van der Waals surface area contributed by atoms with Crippen molar-refractivity contribution in [3.05, 3.63) is 41.3 Å². The van der Waals surface area contributed by atoms with Gasteiger partial charge >= 0.3 is 0 Å². The molecule has 5 heterocycles. The highest BCUT2D eigenvalue weighted by Gasteiger charge is 2.25. The summed E-state index contributed by atoms with van der Waals surface area (Å²) in [6.45, 7) is 18.5. The van der Waals surface area contributed by atoms with E-state index in [1.807, 2.05) is 9.42 Å². The Morgan fingerprint density at radius 2 is 1.87 bits per heavy atom. The molecule has 1 fully saturated rings. The summed E-state index contributed by atoms with van der Waals surface area (Å²) in [5.74, 6) is 1.49. The van der Waals surface area contributed by atoms with Gasteiger partial charge < -0.3 is 14.8 Å². The third-order valence-electron chi connectivity index (χ3n) is 8.23. The standard InChI is InChI=1S/C30H42N8O/c1-7-9-12-35(8-2)18-26(39)37-15-13-36(14-16-37)25-11-10-24-29(34-25)27(20(3)4)28(33-24)23-17-38-30(31-19-32-38)22(6)21(23)5/h10-11,17,19-20,33H,7-9,12-16,18H2,1-6H3. The van der Waals surface area contributed by atoms with E-state index in [1.165, 1.54) is 11.1 Å². The molecule has 1 aliphatic heterocycles. The number of hydrogen-bond acceptors (Lipinski definition) is 6. The maximum Gasteiger partial charge on any atom is 0.236 e. The van der Waals surface area contributed by atoms with Gasteiger partial charge in [0.1, 0.15) is 12.1 Å². The minimum absolute atomic E-state index is 0.239. The molecule has 208 valence electrons. The summed E-state index contributed by atoms with van der Waals surface area (Å²) >= 11 is 0. The van der Waals surface area contributed by atoms with Crippen LogP contribution in [0.4, 0.5) is 5.82 Å². The van der Waals surface area contributed by atoms with Crippen LogP contribution in [0.1, 0.15) is 63.1 Å². The number of hydrogen-bond donors (Lipinski definition) is 1. The summed E-state index contributed by atoms with van der Waals surface area (Å²) in [4.78, 5) is 32.8. The maximum absolute atomic E-state index is 13.0. The third-order valence-corrected chi connectivity index (χ3v) is 8.23. The molecule has 4 aromatic rings. The molecule has 0 bridgehead atoms. The topological polar surface area (TPSA) is 85.7 Å². The second-order valence-corrected chi connectivity index (χ2v) is 11.0. The van der Waals surface area contributed by atoms with E-state index < -0.39 is 0 Å². The first-order chi connectivity index (χ1) is 18.8. The Balaban J connectivity index is 1.38. The van der Waals surface area contributed by atoms with Gasteiger partial charge in [-0.05, 0) is 62.5 Å². The Kier molecular flexibility index (Phi) is 7.88. The number of aromatic amines is 1. The molecule has 9 nitrogen and oxygen atoms in total. The summed E-state index contributed by atoms with van der Waals surface area (Å²) in [6, 6.07) is 4.25. The van der Waals surface area contributed by atoms with Crippen molar-refractivity contribution in [1.29, 1.82) is 0 Å². The van der Waals surface area contributed by atoms with Gasteiger partial charge in [0.25, 0.3) is 0 Å². The molecule has 39 heavy (non-hydrogen) atoms. The number of unbranched alkanes of at least 4 members (excludes halogenated alkanes) is 1. The zero-order valence-electron chi connectivity index (χ0n) is 24.3. The number of carbonyl (C=O) groups excluding carboxylic acids is 1. The van der Waals surface area contributed by atoms with Crippen LogP contribution in [0.2, 0.25) is 0 Å². The largest absolute Gasteiger partial charge is 0.353 e. The van der Waals surface area contributed by atoms with Crippen molar-refractivity contribution < 1.29 is 4.79 Å². The number of aromatic nitrogens is 5. The van der Waals surface area contributed by atoms with Gasteiger partial charge in [0.2, 0.25) is 5.91 Å². The Bertz CT molecular complexity index is 1460. The van der Waals surface area contributed by atoms with Gasteiger partial charge in [-0.25, -0.2) is 14.5 Å². The predicted molar refractivity (Wildman–Crippen MR) is 157 cm³/mol. The first-order valence-electron chi connectivity index (χ1n) is 14.4. The molecule has 0 unspecified atom stereocenters. The number of H-pyrrole nitrogens is 1. The van der Waals surface area contributed by atoms with Gasteiger partial charge in [-0.1, -0.05) is 34.1 Å². The number of nitrogens with zero attached hydrogens (tertiary/aromatic N) is 7. The van der Waals surface area contributed by atoms with Crippen molar-refractivity contribution in [2.24, 2.45) is 0 Å². The molecule has 5 rings (SSSR count). The summed E-state index contributed by atoms with van der Waals surface area (Å²) in [6.07, 6.45) is 5.96. The smallest absolute Gasteiger partial charge is 0.236 e. The Morgan fingerprint density at radius 3 is 2.56 bits per heavy atom. The number of anilines is 1. The second-order valence-electron chi connectivity index (χ2n) is 11.0. The summed E-state index contributed by atoms with van der Waals surface area (Å²) in [7, 11) is 0. The Hall–Kier alpha value is -3.46. The molecular weight excluding hydrogens is 488 g/mol. The average molecular weight is 531 g/mol. The van der Waals surface area contributed by atoms with Gasteiger partial charge in [-0.2, -0.15) is 5.10 Å². The van der Waals surface area contributed by atoms with Gasteiger partial charge in [0.05, 0.1) is 23.3 Å².